The van der Waals surface area contributed by atoms with Crippen LogP contribution in [0.2, 0.25) is 0 Å². The average molecular weight is 315 g/mol. The van der Waals surface area contributed by atoms with Crippen LogP contribution < -0.4 is 0 Å². The third-order valence-corrected chi connectivity index (χ3v) is 3.42. The quantitative estimate of drug-likeness (QED) is 0.729. The van der Waals surface area contributed by atoms with E-state index in [9.17, 15) is 14.4 Å². The van der Waals surface area contributed by atoms with Crippen LogP contribution >= 0.6 is 0 Å². The van der Waals surface area contributed by atoms with Crippen molar-refractivity contribution in [1.29, 1.82) is 0 Å². The fourth-order valence-electron chi connectivity index (χ4n) is 2.31. The summed E-state index contributed by atoms with van der Waals surface area (Å²) in [5.74, 6) is -1.43. The Morgan fingerprint density at radius 3 is 2.78 bits per heavy atom. The van der Waals surface area contributed by atoms with E-state index in [1.807, 2.05) is 0 Å². The zero-order valence-electron chi connectivity index (χ0n) is 12.1. The highest BCUT2D eigenvalue weighted by atomic mass is 16.5. The van der Waals surface area contributed by atoms with Crippen molar-refractivity contribution in [2.75, 3.05) is 13.2 Å². The summed E-state index contributed by atoms with van der Waals surface area (Å²) in [5, 5.41) is 10.8. The molecule has 0 saturated carbocycles. The Balaban J connectivity index is 1.70. The molecule has 0 spiro atoms. The van der Waals surface area contributed by atoms with Gasteiger partial charge in [0.2, 0.25) is 5.91 Å². The third kappa shape index (κ3) is 3.07. The van der Waals surface area contributed by atoms with Crippen LogP contribution in [0.4, 0.5) is 0 Å². The normalized spacial score (nSPS) is 14.1. The highest BCUT2D eigenvalue weighted by Crippen LogP contribution is 2.14. The van der Waals surface area contributed by atoms with Gasteiger partial charge < -0.3 is 4.74 Å². The van der Waals surface area contributed by atoms with Crippen molar-refractivity contribution in [2.24, 2.45) is 0 Å². The molecule has 9 nitrogen and oxygen atoms in total. The van der Waals surface area contributed by atoms with Gasteiger partial charge in [-0.25, -0.2) is 4.79 Å². The van der Waals surface area contributed by atoms with E-state index < -0.39 is 18.5 Å². The lowest BCUT2D eigenvalue weighted by Gasteiger charge is -2.14. The minimum Gasteiger partial charge on any atom is -0.452 e. The first-order chi connectivity index (χ1) is 11.2. The molecule has 0 radical (unpaired) electrons. The number of ether oxygens (including phenoxy) is 1. The van der Waals surface area contributed by atoms with Gasteiger partial charge in [0.25, 0.3) is 5.91 Å². The van der Waals surface area contributed by atoms with Crippen molar-refractivity contribution in [3.8, 4) is 5.69 Å². The fourth-order valence-corrected chi connectivity index (χ4v) is 2.31. The van der Waals surface area contributed by atoms with Crippen molar-refractivity contribution in [3.63, 3.8) is 0 Å². The van der Waals surface area contributed by atoms with E-state index >= 15 is 0 Å². The Labute approximate surface area is 130 Å². The molecule has 0 bridgehead atoms. The van der Waals surface area contributed by atoms with Crippen molar-refractivity contribution in [1.82, 2.24) is 25.1 Å². The molecule has 0 atom stereocenters. The predicted octanol–water partition coefficient (Wildman–Crippen LogP) is -0.0319. The van der Waals surface area contributed by atoms with Crippen LogP contribution in [0.25, 0.3) is 5.69 Å². The number of amides is 2. The lowest BCUT2D eigenvalue weighted by molar-refractivity contribution is -0.143. The van der Waals surface area contributed by atoms with Gasteiger partial charge in [0, 0.05) is 13.0 Å². The van der Waals surface area contributed by atoms with Crippen LogP contribution in [-0.4, -0.2) is 56.0 Å². The molecule has 2 aromatic rings. The Bertz CT molecular complexity index is 743. The summed E-state index contributed by atoms with van der Waals surface area (Å²) in [7, 11) is 0. The number of hydrogen-bond acceptors (Lipinski definition) is 7. The van der Waals surface area contributed by atoms with Crippen LogP contribution in [0.5, 0.6) is 0 Å². The van der Waals surface area contributed by atoms with Gasteiger partial charge >= 0.3 is 5.97 Å². The van der Waals surface area contributed by atoms with Crippen molar-refractivity contribution in [2.45, 2.75) is 12.8 Å². The number of nitrogens with zero attached hydrogens (tertiary/aromatic N) is 5. The monoisotopic (exact) mass is 315 g/mol. The van der Waals surface area contributed by atoms with Crippen LogP contribution in [-0.2, 0) is 14.3 Å². The Morgan fingerprint density at radius 1 is 1.26 bits per heavy atom. The number of para-hydroxylation sites is 1. The van der Waals surface area contributed by atoms with Crippen molar-refractivity contribution >= 4 is 17.8 Å². The summed E-state index contributed by atoms with van der Waals surface area (Å²) < 4.78 is 6.35. The Hall–Kier alpha value is -3.10. The summed E-state index contributed by atoms with van der Waals surface area (Å²) in [6, 6.07) is 6.59. The van der Waals surface area contributed by atoms with Crippen molar-refractivity contribution in [3.05, 3.63) is 36.2 Å². The van der Waals surface area contributed by atoms with E-state index in [-0.39, 0.29) is 11.5 Å². The van der Waals surface area contributed by atoms with Gasteiger partial charge in [0.15, 0.2) is 6.61 Å². The molecule has 118 valence electrons. The molecule has 9 heteroatoms. The van der Waals surface area contributed by atoms with Crippen LogP contribution in [0.3, 0.4) is 0 Å². The molecule has 1 fully saturated rings. The third-order valence-electron chi connectivity index (χ3n) is 3.42. The standard InChI is InChI=1S/C14H13N5O4/c20-12-6-3-7-18(12)13(21)8-23-14(22)10-4-1-2-5-11(10)19-9-15-16-17-19/h1-2,4-5,9H,3,6-8H2. The number of aromatic nitrogens is 4. The number of rotatable bonds is 4. The Kier molecular flexibility index (Phi) is 4.09. The minimum absolute atomic E-state index is 0.223. The SMILES string of the molecule is O=C(OCC(=O)N1CCCC1=O)c1ccccc1-n1cnnn1. The first-order valence-corrected chi connectivity index (χ1v) is 6.99. The van der Waals surface area contributed by atoms with Crippen LogP contribution in [0.1, 0.15) is 23.2 Å². The van der Waals surface area contributed by atoms with Gasteiger partial charge in [-0.15, -0.1) is 5.10 Å². The number of tetrazole rings is 1. The van der Waals surface area contributed by atoms with E-state index in [0.717, 1.165) is 4.90 Å². The second kappa shape index (κ2) is 6.34. The van der Waals surface area contributed by atoms with Gasteiger partial charge in [-0.1, -0.05) is 12.1 Å². The molecule has 2 heterocycles. The van der Waals surface area contributed by atoms with E-state index in [2.05, 4.69) is 15.5 Å². The van der Waals surface area contributed by atoms with Gasteiger partial charge in [0.1, 0.15) is 6.33 Å². The topological polar surface area (TPSA) is 107 Å². The first-order valence-electron chi connectivity index (χ1n) is 6.99. The number of carbonyl (C=O) groups is 3. The minimum atomic E-state index is -0.684. The van der Waals surface area contributed by atoms with Gasteiger partial charge in [-0.2, -0.15) is 4.68 Å². The highest BCUT2D eigenvalue weighted by Gasteiger charge is 2.27. The molecule has 3 rings (SSSR count). The van der Waals surface area contributed by atoms with Crippen LogP contribution in [0.15, 0.2) is 30.6 Å². The molecule has 1 aliphatic heterocycles. The number of likely N-dealkylation sites (tertiary alicyclic amines) is 1. The molecule has 1 aromatic heterocycles. The summed E-state index contributed by atoms with van der Waals surface area (Å²) in [5.41, 5.74) is 0.660. The maximum absolute atomic E-state index is 12.2. The number of esters is 1. The van der Waals surface area contributed by atoms with E-state index in [1.54, 1.807) is 24.3 Å². The number of hydrogen-bond donors (Lipinski definition) is 0. The summed E-state index contributed by atoms with van der Waals surface area (Å²) in [6.45, 7) is -0.106. The lowest BCUT2D eigenvalue weighted by Crippen LogP contribution is -2.35. The number of carbonyl (C=O) groups excluding carboxylic acids is 3. The van der Waals surface area contributed by atoms with Gasteiger partial charge in [-0.05, 0) is 29.0 Å². The molecule has 1 aliphatic rings. The molecular weight excluding hydrogens is 302 g/mol. The second-order valence-electron chi connectivity index (χ2n) is 4.89. The lowest BCUT2D eigenvalue weighted by atomic mass is 10.2. The second-order valence-corrected chi connectivity index (χ2v) is 4.89. The zero-order valence-corrected chi connectivity index (χ0v) is 12.1. The van der Waals surface area contributed by atoms with E-state index in [1.165, 1.54) is 11.0 Å². The molecule has 0 unspecified atom stereocenters. The summed E-state index contributed by atoms with van der Waals surface area (Å²) in [6.07, 6.45) is 2.34. The molecule has 2 amide bonds. The maximum Gasteiger partial charge on any atom is 0.340 e. The molecule has 1 aromatic carbocycles. The highest BCUT2D eigenvalue weighted by molar-refractivity contribution is 5.99. The number of benzene rings is 1. The summed E-state index contributed by atoms with van der Waals surface area (Å²) in [4.78, 5) is 36.7. The Morgan fingerprint density at radius 2 is 2.09 bits per heavy atom. The number of imide groups is 1. The molecule has 0 aliphatic carbocycles. The summed E-state index contributed by atoms with van der Waals surface area (Å²) >= 11 is 0. The largest absolute Gasteiger partial charge is 0.452 e. The van der Waals surface area contributed by atoms with E-state index in [4.69, 9.17) is 4.74 Å². The van der Waals surface area contributed by atoms with Gasteiger partial charge in [0.05, 0.1) is 11.3 Å². The fraction of sp³-hybridized carbons (Fsp3) is 0.286. The first kappa shape index (κ1) is 14.8. The molecule has 1 saturated heterocycles. The zero-order chi connectivity index (χ0) is 16.2. The molecular formula is C14H13N5O4. The average Bonchev–Trinajstić information content (AvgIpc) is 3.23. The molecule has 0 N–H and O–H groups in total. The van der Waals surface area contributed by atoms with Gasteiger partial charge in [-0.3, -0.25) is 14.5 Å². The van der Waals surface area contributed by atoms with E-state index in [0.29, 0.717) is 25.1 Å². The molecule has 23 heavy (non-hydrogen) atoms. The smallest absolute Gasteiger partial charge is 0.340 e. The van der Waals surface area contributed by atoms with Crippen molar-refractivity contribution < 1.29 is 19.1 Å². The maximum atomic E-state index is 12.2. The predicted molar refractivity (Wildman–Crippen MR) is 75.4 cm³/mol. The van der Waals surface area contributed by atoms with Crippen LogP contribution in [0, 0.1) is 0 Å².